The summed E-state index contributed by atoms with van der Waals surface area (Å²) >= 11 is 1.46. The first-order chi connectivity index (χ1) is 11.4. The third kappa shape index (κ3) is 2.65. The molecular formula is C16H17F2N5S. The molecule has 1 aliphatic rings. The Bertz CT molecular complexity index is 891. The molecule has 8 heteroatoms. The molecule has 0 unspecified atom stereocenters. The molecule has 5 nitrogen and oxygen atoms in total. The van der Waals surface area contributed by atoms with Crippen molar-refractivity contribution in [1.29, 1.82) is 0 Å². The monoisotopic (exact) mass is 349 g/mol. The Morgan fingerprint density at radius 3 is 2.71 bits per heavy atom. The van der Waals surface area contributed by atoms with E-state index < -0.39 is 11.6 Å². The first kappa shape index (κ1) is 15.5. The molecule has 4 rings (SSSR count). The lowest BCUT2D eigenvalue weighted by atomic mass is 9.91. The number of anilines is 1. The number of aromatic nitrogens is 3. The van der Waals surface area contributed by atoms with Crippen molar-refractivity contribution in [3.8, 4) is 11.3 Å². The van der Waals surface area contributed by atoms with Crippen LogP contribution in [-0.4, -0.2) is 33.2 Å². The van der Waals surface area contributed by atoms with Crippen LogP contribution in [0.4, 0.5) is 13.9 Å². The van der Waals surface area contributed by atoms with E-state index >= 15 is 0 Å². The van der Waals surface area contributed by atoms with Crippen LogP contribution in [0.2, 0.25) is 0 Å². The van der Waals surface area contributed by atoms with Gasteiger partial charge in [0.05, 0.1) is 11.9 Å². The van der Waals surface area contributed by atoms with Crippen molar-refractivity contribution in [2.24, 2.45) is 5.73 Å². The van der Waals surface area contributed by atoms with Crippen LogP contribution in [0.25, 0.3) is 16.2 Å². The fraction of sp³-hybridized carbons (Fsp3) is 0.375. The van der Waals surface area contributed by atoms with Crippen molar-refractivity contribution < 1.29 is 8.78 Å². The zero-order valence-electron chi connectivity index (χ0n) is 13.2. The van der Waals surface area contributed by atoms with E-state index in [-0.39, 0.29) is 11.1 Å². The molecule has 0 bridgehead atoms. The number of hydrogen-bond acceptors (Lipinski definition) is 5. The average molecular weight is 349 g/mol. The highest BCUT2D eigenvalue weighted by atomic mass is 32.1. The summed E-state index contributed by atoms with van der Waals surface area (Å²) in [6.45, 7) is 3.74. The molecule has 0 spiro atoms. The minimum absolute atomic E-state index is 0.129. The fourth-order valence-corrected chi connectivity index (χ4v) is 3.83. The quantitative estimate of drug-likeness (QED) is 0.772. The van der Waals surface area contributed by atoms with Gasteiger partial charge in [-0.15, -0.1) is 5.10 Å². The van der Waals surface area contributed by atoms with E-state index in [9.17, 15) is 8.78 Å². The zero-order valence-corrected chi connectivity index (χ0v) is 14.0. The molecule has 3 heterocycles. The number of hydrogen-bond donors (Lipinski definition) is 1. The smallest absolute Gasteiger partial charge is 0.214 e. The largest absolute Gasteiger partial charge is 0.347 e. The Hall–Kier alpha value is -2.06. The normalized spacial score (nSPS) is 17.6. The third-order valence-corrected chi connectivity index (χ3v) is 5.44. The van der Waals surface area contributed by atoms with Crippen LogP contribution in [0.1, 0.15) is 19.8 Å². The zero-order chi connectivity index (χ0) is 16.9. The third-order valence-electron chi connectivity index (χ3n) is 4.46. The van der Waals surface area contributed by atoms with Gasteiger partial charge in [0.1, 0.15) is 11.6 Å². The Morgan fingerprint density at radius 2 is 2.00 bits per heavy atom. The lowest BCUT2D eigenvalue weighted by molar-refractivity contribution is 0.363. The summed E-state index contributed by atoms with van der Waals surface area (Å²) in [5, 5.41) is 5.43. The Balaban J connectivity index is 1.69. The number of nitrogens with two attached hydrogens (primary N) is 1. The van der Waals surface area contributed by atoms with Gasteiger partial charge in [-0.25, -0.2) is 18.3 Å². The summed E-state index contributed by atoms with van der Waals surface area (Å²) in [4.78, 5) is 7.17. The fourth-order valence-electron chi connectivity index (χ4n) is 2.90. The predicted octanol–water partition coefficient (Wildman–Crippen LogP) is 3.05. The summed E-state index contributed by atoms with van der Waals surface area (Å²) < 4.78 is 28.8. The van der Waals surface area contributed by atoms with E-state index in [1.54, 1.807) is 10.7 Å². The van der Waals surface area contributed by atoms with E-state index in [1.807, 2.05) is 0 Å². The van der Waals surface area contributed by atoms with E-state index in [0.717, 1.165) is 37.1 Å². The summed E-state index contributed by atoms with van der Waals surface area (Å²) in [7, 11) is 0. The number of piperidine rings is 1. The minimum Gasteiger partial charge on any atom is -0.347 e. The molecule has 1 saturated heterocycles. The molecule has 0 aliphatic carbocycles. The van der Waals surface area contributed by atoms with Crippen LogP contribution >= 0.6 is 11.3 Å². The number of nitrogens with zero attached hydrogens (tertiary/aromatic N) is 4. The lowest BCUT2D eigenvalue weighted by Crippen LogP contribution is -2.48. The van der Waals surface area contributed by atoms with Crippen LogP contribution < -0.4 is 10.6 Å². The second kappa shape index (κ2) is 5.49. The molecule has 2 N–H and O–H groups in total. The molecule has 0 saturated carbocycles. The summed E-state index contributed by atoms with van der Waals surface area (Å²) in [6, 6.07) is 3.51. The van der Waals surface area contributed by atoms with Gasteiger partial charge in [0.15, 0.2) is 0 Å². The summed E-state index contributed by atoms with van der Waals surface area (Å²) in [5.74, 6) is -1.22. The van der Waals surface area contributed by atoms with Crippen LogP contribution in [-0.2, 0) is 0 Å². The van der Waals surface area contributed by atoms with E-state index in [1.165, 1.54) is 23.5 Å². The second-order valence-electron chi connectivity index (χ2n) is 6.49. The molecule has 1 aliphatic heterocycles. The molecular weight excluding hydrogens is 332 g/mol. The topological polar surface area (TPSA) is 59.5 Å². The van der Waals surface area contributed by atoms with Crippen molar-refractivity contribution in [2.45, 2.75) is 25.3 Å². The Morgan fingerprint density at radius 1 is 1.25 bits per heavy atom. The summed E-state index contributed by atoms with van der Waals surface area (Å²) in [5.41, 5.74) is 6.85. The van der Waals surface area contributed by atoms with Gasteiger partial charge in [0.2, 0.25) is 10.1 Å². The van der Waals surface area contributed by atoms with E-state index in [0.29, 0.717) is 10.7 Å². The van der Waals surface area contributed by atoms with Gasteiger partial charge < -0.3 is 10.6 Å². The lowest BCUT2D eigenvalue weighted by Gasteiger charge is -2.36. The van der Waals surface area contributed by atoms with Gasteiger partial charge in [0, 0.05) is 30.3 Å². The van der Waals surface area contributed by atoms with Crippen molar-refractivity contribution in [2.75, 3.05) is 18.0 Å². The van der Waals surface area contributed by atoms with Crippen LogP contribution in [0.3, 0.4) is 0 Å². The van der Waals surface area contributed by atoms with Crippen molar-refractivity contribution in [1.82, 2.24) is 14.6 Å². The molecule has 0 atom stereocenters. The van der Waals surface area contributed by atoms with Gasteiger partial charge in [-0.05, 0) is 31.9 Å². The SMILES string of the molecule is CC1(N)CCN(c2nn3c(-c4ccc(F)cc4F)cnc3s2)CC1. The van der Waals surface area contributed by atoms with Crippen molar-refractivity contribution >= 4 is 21.4 Å². The average Bonchev–Trinajstić information content (AvgIpc) is 3.08. The maximum atomic E-state index is 14.1. The van der Waals surface area contributed by atoms with Crippen LogP contribution in [0, 0.1) is 11.6 Å². The van der Waals surface area contributed by atoms with Crippen LogP contribution in [0.5, 0.6) is 0 Å². The van der Waals surface area contributed by atoms with E-state index in [2.05, 4.69) is 21.9 Å². The highest BCUT2D eigenvalue weighted by Gasteiger charge is 2.28. The predicted molar refractivity (Wildman–Crippen MR) is 90.3 cm³/mol. The summed E-state index contributed by atoms with van der Waals surface area (Å²) in [6.07, 6.45) is 3.36. The van der Waals surface area contributed by atoms with Gasteiger partial charge >= 0.3 is 0 Å². The molecule has 0 amide bonds. The number of fused-ring (bicyclic) bond motifs is 1. The standard InChI is InChI=1S/C16H17F2N5S/c1-16(19)4-6-22(7-5-16)15-21-23-13(9-20-14(23)24-15)11-3-2-10(17)8-12(11)18/h2-3,8-9H,4-7,19H2,1H3. The molecule has 1 aromatic carbocycles. The molecule has 0 radical (unpaired) electrons. The van der Waals surface area contributed by atoms with Crippen molar-refractivity contribution in [3.05, 3.63) is 36.0 Å². The second-order valence-corrected chi connectivity index (χ2v) is 7.42. The molecule has 126 valence electrons. The maximum Gasteiger partial charge on any atom is 0.214 e. The highest BCUT2D eigenvalue weighted by Crippen LogP contribution is 2.31. The number of halogens is 2. The number of benzene rings is 1. The van der Waals surface area contributed by atoms with Gasteiger partial charge in [-0.3, -0.25) is 0 Å². The number of rotatable bonds is 2. The maximum absolute atomic E-state index is 14.1. The molecule has 3 aromatic rings. The highest BCUT2D eigenvalue weighted by molar-refractivity contribution is 7.20. The van der Waals surface area contributed by atoms with E-state index in [4.69, 9.17) is 5.73 Å². The van der Waals surface area contributed by atoms with Crippen LogP contribution in [0.15, 0.2) is 24.4 Å². The van der Waals surface area contributed by atoms with Gasteiger partial charge in [0.25, 0.3) is 0 Å². The van der Waals surface area contributed by atoms with Crippen molar-refractivity contribution in [3.63, 3.8) is 0 Å². The first-order valence-corrected chi connectivity index (χ1v) is 8.58. The Labute approximate surface area is 141 Å². The molecule has 2 aromatic heterocycles. The molecule has 24 heavy (non-hydrogen) atoms. The first-order valence-electron chi connectivity index (χ1n) is 7.77. The van der Waals surface area contributed by atoms with Gasteiger partial charge in [-0.1, -0.05) is 11.3 Å². The Kier molecular flexibility index (Phi) is 3.54. The molecule has 1 fully saturated rings. The number of imidazole rings is 1. The van der Waals surface area contributed by atoms with Gasteiger partial charge in [-0.2, -0.15) is 0 Å². The minimum atomic E-state index is -0.622.